The van der Waals surface area contributed by atoms with Gasteiger partial charge >= 0.3 is 203 Å². The van der Waals surface area contributed by atoms with E-state index in [1.165, 1.54) is 0 Å². The predicted molar refractivity (Wildman–Crippen MR) is 131 cm³/mol. The zero-order valence-electron chi connectivity index (χ0n) is 18.2. The van der Waals surface area contributed by atoms with Crippen LogP contribution in [0.3, 0.4) is 0 Å². The van der Waals surface area contributed by atoms with Gasteiger partial charge in [-0.2, -0.15) is 0 Å². The first-order valence-electron chi connectivity index (χ1n) is 10.4. The number of aromatic nitrogens is 2. The van der Waals surface area contributed by atoms with Gasteiger partial charge in [0.25, 0.3) is 0 Å². The number of hydrogen-bond donors (Lipinski definition) is 3. The number of hydrogen-bond acceptors (Lipinski definition) is 6. The number of anilines is 3. The van der Waals surface area contributed by atoms with Gasteiger partial charge < -0.3 is 0 Å². The van der Waals surface area contributed by atoms with E-state index in [1.54, 1.807) is 26.4 Å². The first-order valence-corrected chi connectivity index (χ1v) is 12.8. The molecule has 1 aliphatic heterocycles. The van der Waals surface area contributed by atoms with Crippen molar-refractivity contribution < 1.29 is 14.3 Å². The molecule has 0 fully saturated rings. The van der Waals surface area contributed by atoms with Gasteiger partial charge in [0.2, 0.25) is 0 Å². The van der Waals surface area contributed by atoms with E-state index in [1.807, 2.05) is 30.3 Å². The molecule has 4 rings (SSSR count). The van der Waals surface area contributed by atoms with Crippen molar-refractivity contribution >= 4 is 65.3 Å². The maximum atomic E-state index is 12.2. The molecule has 2 aromatic carbocycles. The molecule has 1 unspecified atom stereocenters. The van der Waals surface area contributed by atoms with Gasteiger partial charge in [0.15, 0.2) is 0 Å². The van der Waals surface area contributed by atoms with E-state index >= 15 is 0 Å². The summed E-state index contributed by atoms with van der Waals surface area (Å²) in [7, 11) is 3.21. The maximum absolute atomic E-state index is 12.2. The van der Waals surface area contributed by atoms with E-state index in [2.05, 4.69) is 25.9 Å². The van der Waals surface area contributed by atoms with Crippen LogP contribution in [0.2, 0.25) is 5.02 Å². The number of ether oxygens (including phenoxy) is 1. The third-order valence-corrected chi connectivity index (χ3v) is 8.60. The molecule has 1 atom stereocenters. The Morgan fingerprint density at radius 1 is 1.21 bits per heavy atom. The van der Waals surface area contributed by atoms with Gasteiger partial charge in [0.1, 0.15) is 0 Å². The van der Waals surface area contributed by atoms with Crippen LogP contribution < -0.4 is 29.5 Å². The van der Waals surface area contributed by atoms with Crippen LogP contribution in [-0.2, 0) is 11.2 Å². The van der Waals surface area contributed by atoms with Gasteiger partial charge in [0.05, 0.1) is 0 Å². The second-order valence-corrected chi connectivity index (χ2v) is 10.4. The average molecular weight is 528 g/mol. The molecule has 33 heavy (non-hydrogen) atoms. The molecule has 0 radical (unpaired) electrons. The number of amides is 2. The van der Waals surface area contributed by atoms with Gasteiger partial charge in [-0.15, -0.1) is 0 Å². The van der Waals surface area contributed by atoms with Crippen molar-refractivity contribution in [3.8, 4) is 5.75 Å². The van der Waals surface area contributed by atoms with Crippen LogP contribution in [0.1, 0.15) is 28.8 Å². The van der Waals surface area contributed by atoms with Gasteiger partial charge in [-0.3, -0.25) is 0 Å². The Morgan fingerprint density at radius 3 is 2.82 bits per heavy atom. The van der Waals surface area contributed by atoms with Crippen LogP contribution in [-0.4, -0.2) is 51.7 Å². The number of benzene rings is 2. The normalized spacial score (nSPS) is 13.2. The van der Waals surface area contributed by atoms with Crippen molar-refractivity contribution in [3.63, 3.8) is 0 Å². The fourth-order valence-corrected chi connectivity index (χ4v) is 6.32. The summed E-state index contributed by atoms with van der Waals surface area (Å²) in [5.41, 5.74) is 3.02. The molecule has 10 heteroatoms. The second-order valence-electron chi connectivity index (χ2n) is 7.34. The zero-order valence-corrected chi connectivity index (χ0v) is 21.0. The number of nitrogens with zero attached hydrogens (tertiary/aromatic N) is 2. The number of nitrogens with one attached hydrogen (secondary N) is 3. The van der Waals surface area contributed by atoms with Crippen LogP contribution in [0, 0.1) is 0 Å². The number of methoxy groups -OCH3 is 1. The summed E-state index contributed by atoms with van der Waals surface area (Å²) in [4.78, 5) is 33.1. The molecular formula is C23H23AsClN5O3. The Bertz CT molecular complexity index is 1220. The van der Waals surface area contributed by atoms with Gasteiger partial charge in [0, 0.05) is 0 Å². The van der Waals surface area contributed by atoms with Crippen LogP contribution >= 0.6 is 11.6 Å². The minimum atomic E-state index is -1.00. The molecular weight excluding hydrogens is 505 g/mol. The number of carbonyl (C=O) groups is 2. The number of rotatable bonds is 6. The van der Waals surface area contributed by atoms with Gasteiger partial charge in [-0.1, -0.05) is 0 Å². The topological polar surface area (TPSA) is 105 Å². The van der Waals surface area contributed by atoms with E-state index in [4.69, 9.17) is 16.3 Å². The first-order chi connectivity index (χ1) is 16.0. The van der Waals surface area contributed by atoms with Crippen molar-refractivity contribution in [2.75, 3.05) is 24.8 Å². The molecule has 1 aliphatic rings. The summed E-state index contributed by atoms with van der Waals surface area (Å²) < 4.78 is 7.33. The van der Waals surface area contributed by atoms with Gasteiger partial charge in [-0.05, 0) is 0 Å². The molecule has 2 amide bonds. The predicted octanol–water partition coefficient (Wildman–Crippen LogP) is 1.90. The third kappa shape index (κ3) is 5.12. The summed E-state index contributed by atoms with van der Waals surface area (Å²) >= 11 is 5.41. The third-order valence-electron chi connectivity index (χ3n) is 5.21. The molecule has 0 saturated carbocycles. The van der Waals surface area contributed by atoms with Crippen LogP contribution in [0.5, 0.6) is 5.75 Å². The Morgan fingerprint density at radius 2 is 2.03 bits per heavy atom. The molecule has 2 heterocycles. The molecule has 170 valence electrons. The minimum absolute atomic E-state index is 0.00341. The van der Waals surface area contributed by atoms with Crippen LogP contribution in [0.15, 0.2) is 42.6 Å². The summed E-state index contributed by atoms with van der Waals surface area (Å²) in [6.45, 7) is 0. The second kappa shape index (κ2) is 10.2. The van der Waals surface area contributed by atoms with E-state index in [0.717, 1.165) is 28.4 Å². The summed E-state index contributed by atoms with van der Waals surface area (Å²) in [6, 6.07) is 11.2. The fraction of sp³-hybridized carbons (Fsp3) is 0.217. The molecule has 1 aromatic heterocycles. The van der Waals surface area contributed by atoms with Crippen molar-refractivity contribution in [3.05, 3.63) is 58.7 Å². The van der Waals surface area contributed by atoms with Crippen LogP contribution in [0.25, 0.3) is 0 Å². The Labute approximate surface area is 203 Å². The number of fused-ring (bicyclic) bond motifs is 1. The molecule has 3 N–H and O–H groups in total. The van der Waals surface area contributed by atoms with E-state index in [0.29, 0.717) is 38.9 Å². The Hall–Kier alpha value is -3.09. The van der Waals surface area contributed by atoms with Gasteiger partial charge in [-0.25, -0.2) is 0 Å². The summed E-state index contributed by atoms with van der Waals surface area (Å²) in [5, 5.41) is 9.29. The Kier molecular flexibility index (Phi) is 7.16. The van der Waals surface area contributed by atoms with Crippen molar-refractivity contribution in [1.29, 1.82) is 0 Å². The first kappa shape index (κ1) is 23.1. The molecule has 8 nitrogen and oxygen atoms in total. The molecule has 0 spiro atoms. The molecule has 3 aromatic rings. The van der Waals surface area contributed by atoms with Crippen molar-refractivity contribution in [1.82, 2.24) is 15.3 Å². The van der Waals surface area contributed by atoms with E-state index in [-0.39, 0.29) is 11.8 Å². The van der Waals surface area contributed by atoms with Crippen molar-refractivity contribution in [2.45, 2.75) is 19.3 Å². The van der Waals surface area contributed by atoms with E-state index in [9.17, 15) is 9.59 Å². The molecule has 0 bridgehead atoms. The zero-order chi connectivity index (χ0) is 23.4. The number of carbonyl (C=O) groups excluding carboxylic acids is 2. The molecule has 0 aliphatic carbocycles. The average Bonchev–Trinajstić information content (AvgIpc) is 3.01. The summed E-state index contributed by atoms with van der Waals surface area (Å²) in [5.74, 6) is 0.894. The standard InChI is InChI=1S/C23H23AsClN5O3/c1-26-22(32)13-6-3-4-8-15(13)24-21-16(25)12-27-23(30-21)29-18-11-10-17-14(20(18)33-2)7-5-9-19(31)28-17/h3-4,6,8,10-12,24H,5,7,9H2,1-2H3,(H,26,32)(H,28,31)(H,27,29,30). The quantitative estimate of drug-likeness (QED) is 0.423. The Balaban J connectivity index is 1.64. The molecule has 0 saturated heterocycles. The van der Waals surface area contributed by atoms with Crippen molar-refractivity contribution in [2.24, 2.45) is 0 Å². The summed E-state index contributed by atoms with van der Waals surface area (Å²) in [6.07, 6.45) is 3.51. The SMILES string of the molecule is CNC(=O)c1ccccc1[AsH]c1nc(Nc2ccc3c(c2OC)CCCC(=O)N3)ncc1Cl. The van der Waals surface area contributed by atoms with Crippen LogP contribution in [0.4, 0.5) is 17.3 Å². The number of halogens is 1. The monoisotopic (exact) mass is 527 g/mol. The van der Waals surface area contributed by atoms with E-state index < -0.39 is 15.8 Å². The fourth-order valence-electron chi connectivity index (χ4n) is 3.65.